The highest BCUT2D eigenvalue weighted by Gasteiger charge is 2.33. The van der Waals surface area contributed by atoms with Crippen LogP contribution in [0.15, 0.2) is 30.5 Å². The summed E-state index contributed by atoms with van der Waals surface area (Å²) in [4.78, 5) is 15.0. The largest absolute Gasteiger partial charge is 0.465 e. The number of esters is 1. The van der Waals surface area contributed by atoms with E-state index in [4.69, 9.17) is 0 Å². The molecule has 0 fully saturated rings. The Bertz CT molecular complexity index is 608. The van der Waals surface area contributed by atoms with Crippen molar-refractivity contribution in [1.82, 2.24) is 4.98 Å². The van der Waals surface area contributed by atoms with E-state index in [-0.39, 0.29) is 16.5 Å². The molecule has 2 rings (SSSR count). The third kappa shape index (κ3) is 2.13. The van der Waals surface area contributed by atoms with Crippen molar-refractivity contribution in [2.75, 3.05) is 7.11 Å². The van der Waals surface area contributed by atoms with Crippen molar-refractivity contribution in [1.29, 1.82) is 0 Å². The number of methoxy groups -OCH3 is 1. The summed E-state index contributed by atoms with van der Waals surface area (Å²) in [5.74, 6) is -0.637. The molecule has 0 N–H and O–H groups in total. The number of carbonyl (C=O) groups is 1. The molecule has 0 saturated carbocycles. The first-order chi connectivity index (χ1) is 8.43. The van der Waals surface area contributed by atoms with Crippen molar-refractivity contribution in [2.45, 2.75) is 6.18 Å². The number of fused-ring (bicyclic) bond motifs is 1. The minimum atomic E-state index is -4.47. The van der Waals surface area contributed by atoms with Crippen LogP contribution in [0.3, 0.4) is 0 Å². The summed E-state index contributed by atoms with van der Waals surface area (Å²) in [7, 11) is 1.19. The molecule has 18 heavy (non-hydrogen) atoms. The normalized spacial score (nSPS) is 11.6. The lowest BCUT2D eigenvalue weighted by molar-refractivity contribution is -0.136. The van der Waals surface area contributed by atoms with Gasteiger partial charge in [0, 0.05) is 11.6 Å². The average molecular weight is 255 g/mol. The number of halogens is 3. The zero-order chi connectivity index (χ0) is 13.3. The number of para-hydroxylation sites is 1. The van der Waals surface area contributed by atoms with E-state index < -0.39 is 17.7 Å². The minimum Gasteiger partial charge on any atom is -0.465 e. The van der Waals surface area contributed by atoms with Crippen molar-refractivity contribution in [2.24, 2.45) is 0 Å². The molecule has 94 valence electrons. The molecule has 0 spiro atoms. The molecule has 6 heteroatoms. The van der Waals surface area contributed by atoms with Gasteiger partial charge in [0.2, 0.25) is 0 Å². The van der Waals surface area contributed by atoms with Gasteiger partial charge in [-0.2, -0.15) is 13.2 Å². The number of alkyl halides is 3. The first kappa shape index (κ1) is 12.3. The van der Waals surface area contributed by atoms with Gasteiger partial charge in [0.1, 0.15) is 0 Å². The van der Waals surface area contributed by atoms with Gasteiger partial charge in [-0.1, -0.05) is 12.1 Å². The Morgan fingerprint density at radius 1 is 1.33 bits per heavy atom. The van der Waals surface area contributed by atoms with Gasteiger partial charge in [-0.3, -0.25) is 4.98 Å². The van der Waals surface area contributed by atoms with E-state index in [9.17, 15) is 18.0 Å². The van der Waals surface area contributed by atoms with Crippen LogP contribution in [0, 0.1) is 0 Å². The molecular formula is C12H8F3NO2. The van der Waals surface area contributed by atoms with E-state index in [0.29, 0.717) is 0 Å². The van der Waals surface area contributed by atoms with E-state index in [1.165, 1.54) is 25.3 Å². The highest BCUT2D eigenvalue weighted by atomic mass is 19.4. The van der Waals surface area contributed by atoms with Gasteiger partial charge >= 0.3 is 12.1 Å². The van der Waals surface area contributed by atoms with Crippen LogP contribution in [0.25, 0.3) is 10.9 Å². The molecule has 0 radical (unpaired) electrons. The first-order valence-corrected chi connectivity index (χ1v) is 4.98. The number of carbonyl (C=O) groups excluding carboxylic acids is 1. The Kier molecular flexibility index (Phi) is 2.94. The van der Waals surface area contributed by atoms with Crippen LogP contribution in [0.1, 0.15) is 15.9 Å². The topological polar surface area (TPSA) is 39.2 Å². The summed E-state index contributed by atoms with van der Waals surface area (Å²) in [6.45, 7) is 0. The molecule has 0 aliphatic rings. The van der Waals surface area contributed by atoms with Crippen LogP contribution in [-0.2, 0) is 10.9 Å². The minimum absolute atomic E-state index is 0.115. The highest BCUT2D eigenvalue weighted by Crippen LogP contribution is 2.33. The molecule has 1 aromatic heterocycles. The summed E-state index contributed by atoms with van der Waals surface area (Å²) in [6, 6.07) is 5.01. The number of hydrogen-bond donors (Lipinski definition) is 0. The van der Waals surface area contributed by atoms with Crippen LogP contribution < -0.4 is 0 Å². The standard InChI is InChI=1S/C12H8F3NO2/c1-18-11(17)8-5-7-3-2-4-9(12(13,14)15)10(7)16-6-8/h2-6H,1H3. The molecule has 2 aromatic rings. The maximum atomic E-state index is 12.7. The Morgan fingerprint density at radius 2 is 2.06 bits per heavy atom. The molecule has 0 atom stereocenters. The van der Waals surface area contributed by atoms with Crippen molar-refractivity contribution in [3.8, 4) is 0 Å². The number of hydrogen-bond acceptors (Lipinski definition) is 3. The Morgan fingerprint density at radius 3 is 2.67 bits per heavy atom. The maximum absolute atomic E-state index is 12.7. The Hall–Kier alpha value is -2.11. The van der Waals surface area contributed by atoms with Crippen molar-refractivity contribution in [3.63, 3.8) is 0 Å². The predicted molar refractivity (Wildman–Crippen MR) is 58.1 cm³/mol. The van der Waals surface area contributed by atoms with Gasteiger partial charge in [-0.25, -0.2) is 4.79 Å². The predicted octanol–water partition coefficient (Wildman–Crippen LogP) is 3.04. The number of rotatable bonds is 1. The fourth-order valence-corrected chi connectivity index (χ4v) is 1.62. The molecule has 1 aromatic carbocycles. The Balaban J connectivity index is 2.64. The SMILES string of the molecule is COC(=O)c1cnc2c(C(F)(F)F)cccc2c1. The number of nitrogens with zero attached hydrogens (tertiary/aromatic N) is 1. The van der Waals surface area contributed by atoms with Gasteiger partial charge < -0.3 is 4.74 Å². The van der Waals surface area contributed by atoms with Gasteiger partial charge in [-0.05, 0) is 12.1 Å². The lowest BCUT2D eigenvalue weighted by Crippen LogP contribution is -2.07. The smallest absolute Gasteiger partial charge is 0.418 e. The van der Waals surface area contributed by atoms with Crippen LogP contribution in [0.2, 0.25) is 0 Å². The zero-order valence-electron chi connectivity index (χ0n) is 9.28. The summed E-state index contributed by atoms with van der Waals surface area (Å²) < 4.78 is 42.6. The Labute approximate surface area is 100 Å². The molecule has 0 saturated heterocycles. The molecular weight excluding hydrogens is 247 g/mol. The average Bonchev–Trinajstić information content (AvgIpc) is 2.35. The highest BCUT2D eigenvalue weighted by molar-refractivity contribution is 5.94. The molecule has 0 aliphatic heterocycles. The second-order valence-electron chi connectivity index (χ2n) is 3.59. The molecule has 0 unspecified atom stereocenters. The third-order valence-electron chi connectivity index (χ3n) is 2.44. The summed E-state index contributed by atoms with van der Waals surface area (Å²) in [6.07, 6.45) is -3.40. The molecule has 0 aliphatic carbocycles. The van der Waals surface area contributed by atoms with E-state index in [1.807, 2.05) is 0 Å². The van der Waals surface area contributed by atoms with E-state index in [0.717, 1.165) is 12.3 Å². The fourth-order valence-electron chi connectivity index (χ4n) is 1.62. The molecule has 1 heterocycles. The third-order valence-corrected chi connectivity index (χ3v) is 2.44. The lowest BCUT2D eigenvalue weighted by atomic mass is 10.1. The summed E-state index contributed by atoms with van der Waals surface area (Å²) in [5.41, 5.74) is -0.890. The quantitative estimate of drug-likeness (QED) is 0.735. The molecule has 0 bridgehead atoms. The number of pyridine rings is 1. The van der Waals surface area contributed by atoms with E-state index in [2.05, 4.69) is 9.72 Å². The van der Waals surface area contributed by atoms with Gasteiger partial charge in [0.05, 0.1) is 23.8 Å². The second kappa shape index (κ2) is 4.29. The number of ether oxygens (including phenoxy) is 1. The first-order valence-electron chi connectivity index (χ1n) is 4.98. The van der Waals surface area contributed by atoms with E-state index in [1.54, 1.807) is 0 Å². The van der Waals surface area contributed by atoms with Gasteiger partial charge in [-0.15, -0.1) is 0 Å². The summed E-state index contributed by atoms with van der Waals surface area (Å²) >= 11 is 0. The second-order valence-corrected chi connectivity index (χ2v) is 3.59. The molecule has 0 amide bonds. The lowest BCUT2D eigenvalue weighted by Gasteiger charge is -2.09. The molecule has 3 nitrogen and oxygen atoms in total. The van der Waals surface area contributed by atoms with Gasteiger partial charge in [0.25, 0.3) is 0 Å². The zero-order valence-corrected chi connectivity index (χ0v) is 9.28. The van der Waals surface area contributed by atoms with Crippen LogP contribution in [-0.4, -0.2) is 18.1 Å². The maximum Gasteiger partial charge on any atom is 0.418 e. The van der Waals surface area contributed by atoms with Crippen molar-refractivity contribution >= 4 is 16.9 Å². The summed E-state index contributed by atoms with van der Waals surface area (Å²) in [5, 5.41) is 0.243. The van der Waals surface area contributed by atoms with Crippen LogP contribution in [0.5, 0.6) is 0 Å². The van der Waals surface area contributed by atoms with Gasteiger partial charge in [0.15, 0.2) is 0 Å². The van der Waals surface area contributed by atoms with Crippen LogP contribution >= 0.6 is 0 Å². The van der Waals surface area contributed by atoms with Crippen molar-refractivity contribution in [3.05, 3.63) is 41.6 Å². The number of benzene rings is 1. The fraction of sp³-hybridized carbons (Fsp3) is 0.167. The number of aromatic nitrogens is 1. The monoisotopic (exact) mass is 255 g/mol. The van der Waals surface area contributed by atoms with Crippen LogP contribution in [0.4, 0.5) is 13.2 Å². The van der Waals surface area contributed by atoms with E-state index >= 15 is 0 Å². The van der Waals surface area contributed by atoms with Crippen molar-refractivity contribution < 1.29 is 22.7 Å².